The molecule has 0 aliphatic heterocycles. The molecule has 0 rings (SSSR count). The van der Waals surface area contributed by atoms with Gasteiger partial charge in [-0.1, -0.05) is 21.6 Å². The van der Waals surface area contributed by atoms with E-state index in [1.54, 1.807) is 35.4 Å². The standard InChI is InChI=1S/C7H14O2S2/c1-6(8)7(2)9-4-5-11-10-3/h7H,4-5H2,1-3H3/t7-/m0/s1. The summed E-state index contributed by atoms with van der Waals surface area (Å²) in [7, 11) is 3.46. The van der Waals surface area contributed by atoms with Crippen molar-refractivity contribution < 1.29 is 9.53 Å². The van der Waals surface area contributed by atoms with Crippen LogP contribution < -0.4 is 0 Å². The average molecular weight is 194 g/mol. The van der Waals surface area contributed by atoms with Crippen LogP contribution in [0.4, 0.5) is 0 Å². The van der Waals surface area contributed by atoms with Gasteiger partial charge in [-0.2, -0.15) is 0 Å². The maximum atomic E-state index is 10.7. The van der Waals surface area contributed by atoms with E-state index in [-0.39, 0.29) is 11.9 Å². The Morgan fingerprint density at radius 1 is 1.64 bits per heavy atom. The van der Waals surface area contributed by atoms with Crippen LogP contribution in [-0.4, -0.2) is 30.5 Å². The lowest BCUT2D eigenvalue weighted by Gasteiger charge is -2.07. The molecule has 11 heavy (non-hydrogen) atoms. The predicted molar refractivity (Wildman–Crippen MR) is 52.1 cm³/mol. The third-order valence-electron chi connectivity index (χ3n) is 1.22. The Labute approximate surface area is 75.9 Å². The number of carbonyl (C=O) groups is 1. The lowest BCUT2D eigenvalue weighted by molar-refractivity contribution is -0.126. The normalized spacial score (nSPS) is 13.0. The van der Waals surface area contributed by atoms with Crippen molar-refractivity contribution in [2.24, 2.45) is 0 Å². The first-order chi connectivity index (χ1) is 5.18. The Morgan fingerprint density at radius 2 is 2.27 bits per heavy atom. The van der Waals surface area contributed by atoms with Gasteiger partial charge in [0.2, 0.25) is 0 Å². The van der Waals surface area contributed by atoms with E-state index in [1.807, 2.05) is 6.26 Å². The molecule has 0 saturated carbocycles. The van der Waals surface area contributed by atoms with Crippen LogP contribution in [0.2, 0.25) is 0 Å². The molecule has 1 atom stereocenters. The van der Waals surface area contributed by atoms with Crippen molar-refractivity contribution in [3.8, 4) is 0 Å². The van der Waals surface area contributed by atoms with Crippen LogP contribution in [0.5, 0.6) is 0 Å². The summed E-state index contributed by atoms with van der Waals surface area (Å²) in [4.78, 5) is 10.7. The average Bonchev–Trinajstić information content (AvgIpc) is 1.97. The minimum absolute atomic E-state index is 0.0964. The number of carbonyl (C=O) groups excluding carboxylic acids is 1. The van der Waals surface area contributed by atoms with Crippen molar-refractivity contribution in [2.75, 3.05) is 18.6 Å². The van der Waals surface area contributed by atoms with Crippen LogP contribution in [0.15, 0.2) is 0 Å². The van der Waals surface area contributed by atoms with Gasteiger partial charge in [-0.3, -0.25) is 4.79 Å². The molecule has 0 aliphatic carbocycles. The first-order valence-electron chi connectivity index (χ1n) is 3.46. The van der Waals surface area contributed by atoms with Gasteiger partial charge in [-0.15, -0.1) is 0 Å². The smallest absolute Gasteiger partial charge is 0.158 e. The zero-order chi connectivity index (χ0) is 8.69. The molecular formula is C7H14O2S2. The van der Waals surface area contributed by atoms with Crippen molar-refractivity contribution in [2.45, 2.75) is 20.0 Å². The third-order valence-corrected chi connectivity index (χ3v) is 3.00. The monoisotopic (exact) mass is 194 g/mol. The summed E-state index contributed by atoms with van der Waals surface area (Å²) in [5, 5.41) is 0. The highest BCUT2D eigenvalue weighted by Crippen LogP contribution is 2.15. The fourth-order valence-corrected chi connectivity index (χ4v) is 1.49. The highest BCUT2D eigenvalue weighted by Gasteiger charge is 2.05. The first kappa shape index (κ1) is 11.3. The molecule has 0 unspecified atom stereocenters. The fourth-order valence-electron chi connectivity index (χ4n) is 0.460. The Bertz CT molecular complexity index is 117. The summed E-state index contributed by atoms with van der Waals surface area (Å²) < 4.78 is 5.22. The topological polar surface area (TPSA) is 26.3 Å². The number of hydrogen-bond donors (Lipinski definition) is 0. The van der Waals surface area contributed by atoms with E-state index < -0.39 is 0 Å². The summed E-state index contributed by atoms with van der Waals surface area (Å²) in [6, 6.07) is 0. The molecule has 0 bridgehead atoms. The Balaban J connectivity index is 3.17. The number of rotatable bonds is 6. The molecule has 0 aliphatic rings. The largest absolute Gasteiger partial charge is 0.370 e. The van der Waals surface area contributed by atoms with E-state index in [4.69, 9.17) is 4.74 Å². The molecule has 0 N–H and O–H groups in total. The van der Waals surface area contributed by atoms with Crippen molar-refractivity contribution >= 4 is 27.4 Å². The lowest BCUT2D eigenvalue weighted by Crippen LogP contribution is -2.18. The molecule has 0 heterocycles. The molecule has 4 heteroatoms. The van der Waals surface area contributed by atoms with Gasteiger partial charge in [0.05, 0.1) is 6.61 Å². The summed E-state index contributed by atoms with van der Waals surface area (Å²) in [5.74, 6) is 1.04. The van der Waals surface area contributed by atoms with Crippen LogP contribution in [0.3, 0.4) is 0 Å². The van der Waals surface area contributed by atoms with Gasteiger partial charge in [-0.05, 0) is 20.1 Å². The van der Waals surface area contributed by atoms with E-state index in [1.165, 1.54) is 0 Å². The highest BCUT2D eigenvalue weighted by molar-refractivity contribution is 8.76. The number of Topliss-reactive ketones (excluding diaryl/α,β-unsaturated/α-hetero) is 1. The van der Waals surface area contributed by atoms with Crippen LogP contribution in [0, 0.1) is 0 Å². The van der Waals surface area contributed by atoms with Crippen LogP contribution in [-0.2, 0) is 9.53 Å². The molecule has 0 fully saturated rings. The minimum Gasteiger partial charge on any atom is -0.370 e. The SMILES string of the molecule is CSSCCO[C@@H](C)C(C)=O. The molecule has 0 spiro atoms. The van der Waals surface area contributed by atoms with Gasteiger partial charge < -0.3 is 4.74 Å². The lowest BCUT2D eigenvalue weighted by atomic mass is 10.3. The van der Waals surface area contributed by atoms with Crippen LogP contribution >= 0.6 is 21.6 Å². The van der Waals surface area contributed by atoms with Gasteiger partial charge in [0.15, 0.2) is 5.78 Å². The van der Waals surface area contributed by atoms with E-state index >= 15 is 0 Å². The second kappa shape index (κ2) is 7.00. The predicted octanol–water partition coefficient (Wildman–Crippen LogP) is 1.99. The minimum atomic E-state index is -0.238. The Morgan fingerprint density at radius 3 is 2.73 bits per heavy atom. The Hall–Kier alpha value is 0.330. The van der Waals surface area contributed by atoms with Crippen LogP contribution in [0.25, 0.3) is 0 Å². The zero-order valence-corrected chi connectivity index (χ0v) is 8.76. The van der Waals surface area contributed by atoms with Gasteiger partial charge in [0, 0.05) is 5.75 Å². The zero-order valence-electron chi connectivity index (χ0n) is 7.12. The highest BCUT2D eigenvalue weighted by atomic mass is 33.1. The van der Waals surface area contributed by atoms with Gasteiger partial charge in [-0.25, -0.2) is 0 Å². The van der Waals surface area contributed by atoms with Crippen molar-refractivity contribution in [1.29, 1.82) is 0 Å². The second-order valence-electron chi connectivity index (χ2n) is 2.11. The van der Waals surface area contributed by atoms with Crippen molar-refractivity contribution in [1.82, 2.24) is 0 Å². The molecule has 0 amide bonds. The number of ether oxygens (including phenoxy) is 1. The Kier molecular flexibility index (Phi) is 7.22. The summed E-state index contributed by atoms with van der Waals surface area (Å²) in [5.41, 5.74) is 0. The van der Waals surface area contributed by atoms with E-state index in [0.717, 1.165) is 5.75 Å². The number of ketones is 1. The molecular weight excluding hydrogens is 180 g/mol. The van der Waals surface area contributed by atoms with Crippen molar-refractivity contribution in [3.63, 3.8) is 0 Å². The third kappa shape index (κ3) is 6.72. The number of hydrogen-bond acceptors (Lipinski definition) is 4. The molecule has 66 valence electrons. The first-order valence-corrected chi connectivity index (χ1v) is 6.19. The van der Waals surface area contributed by atoms with Crippen molar-refractivity contribution in [3.05, 3.63) is 0 Å². The maximum Gasteiger partial charge on any atom is 0.158 e. The van der Waals surface area contributed by atoms with Gasteiger partial charge in [0.1, 0.15) is 6.10 Å². The van der Waals surface area contributed by atoms with E-state index in [9.17, 15) is 4.79 Å². The van der Waals surface area contributed by atoms with E-state index in [0.29, 0.717) is 6.61 Å². The van der Waals surface area contributed by atoms with E-state index in [2.05, 4.69) is 0 Å². The molecule has 0 saturated heterocycles. The second-order valence-corrected chi connectivity index (χ2v) is 4.80. The molecule has 0 radical (unpaired) electrons. The van der Waals surface area contributed by atoms with Crippen LogP contribution in [0.1, 0.15) is 13.8 Å². The molecule has 0 aromatic rings. The van der Waals surface area contributed by atoms with Gasteiger partial charge in [0.25, 0.3) is 0 Å². The van der Waals surface area contributed by atoms with Gasteiger partial charge >= 0.3 is 0 Å². The summed E-state index contributed by atoms with van der Waals surface area (Å²) >= 11 is 0. The fraction of sp³-hybridized carbons (Fsp3) is 0.857. The molecule has 0 aromatic carbocycles. The molecule has 0 aromatic heterocycles. The summed E-state index contributed by atoms with van der Waals surface area (Å²) in [6.45, 7) is 3.99. The maximum absolute atomic E-state index is 10.7. The molecule has 2 nitrogen and oxygen atoms in total. The summed E-state index contributed by atoms with van der Waals surface area (Å²) in [6.07, 6.45) is 1.79. The quantitative estimate of drug-likeness (QED) is 0.477.